The normalized spacial score (nSPS) is 9.40. The van der Waals surface area contributed by atoms with Gasteiger partial charge in [0.1, 0.15) is 16.8 Å². The van der Waals surface area contributed by atoms with Crippen molar-refractivity contribution in [3.05, 3.63) is 32.8 Å². The second-order valence-electron chi connectivity index (χ2n) is 2.57. The molecule has 5 nitrogen and oxygen atoms in total. The summed E-state index contributed by atoms with van der Waals surface area (Å²) in [5, 5.41) is 19.3. The number of halogens is 1. The molecule has 0 fully saturated rings. The van der Waals surface area contributed by atoms with E-state index in [9.17, 15) is 10.1 Å². The third-order valence-electron chi connectivity index (χ3n) is 1.69. The Morgan fingerprint density at radius 3 is 2.80 bits per heavy atom. The van der Waals surface area contributed by atoms with Gasteiger partial charge in [0.15, 0.2) is 5.56 Å². The fourth-order valence-electron chi connectivity index (χ4n) is 1.07. The first-order chi connectivity index (χ1) is 7.11. The summed E-state index contributed by atoms with van der Waals surface area (Å²) < 4.78 is 5.11. The molecule has 1 rings (SSSR count). The maximum absolute atomic E-state index is 10.6. The van der Waals surface area contributed by atoms with Crippen LogP contribution in [0.3, 0.4) is 0 Å². The van der Waals surface area contributed by atoms with Crippen molar-refractivity contribution in [1.82, 2.24) is 0 Å². The minimum atomic E-state index is -0.653. The Hall–Kier alpha value is -1.80. The van der Waals surface area contributed by atoms with E-state index < -0.39 is 4.92 Å². The smallest absolute Gasteiger partial charge is 0.288 e. The molecule has 0 N–H and O–H groups in total. The molecule has 0 aliphatic carbocycles. The highest BCUT2D eigenvalue weighted by Gasteiger charge is 2.20. The third-order valence-corrected chi connectivity index (χ3v) is 2.07. The summed E-state index contributed by atoms with van der Waals surface area (Å²) >= 11 is 5.78. The van der Waals surface area contributed by atoms with E-state index in [0.29, 0.717) is 6.61 Å². The Balaban J connectivity index is 3.34. The molecule has 0 saturated heterocycles. The van der Waals surface area contributed by atoms with Gasteiger partial charge in [-0.15, -0.1) is 0 Å². The highest BCUT2D eigenvalue weighted by Crippen LogP contribution is 2.33. The fourth-order valence-corrected chi connectivity index (χ4v) is 1.33. The van der Waals surface area contributed by atoms with Crippen molar-refractivity contribution in [3.63, 3.8) is 0 Å². The van der Waals surface area contributed by atoms with Crippen LogP contribution in [0.2, 0.25) is 5.02 Å². The molecule has 78 valence electrons. The van der Waals surface area contributed by atoms with Gasteiger partial charge in [0.2, 0.25) is 0 Å². The van der Waals surface area contributed by atoms with Crippen molar-refractivity contribution in [2.75, 3.05) is 6.61 Å². The van der Waals surface area contributed by atoms with E-state index in [2.05, 4.69) is 0 Å². The molecule has 0 bridgehead atoms. The van der Waals surface area contributed by atoms with Gasteiger partial charge in [-0.25, -0.2) is 0 Å². The minimum Gasteiger partial charge on any atom is -0.492 e. The van der Waals surface area contributed by atoms with Crippen LogP contribution in [0.1, 0.15) is 12.5 Å². The Morgan fingerprint density at radius 1 is 1.67 bits per heavy atom. The summed E-state index contributed by atoms with van der Waals surface area (Å²) in [5.74, 6) is 0.279. The minimum absolute atomic E-state index is 0.0199. The molecule has 0 atom stereocenters. The predicted octanol–water partition coefficient (Wildman–Crippen LogP) is 2.52. The number of rotatable bonds is 3. The highest BCUT2D eigenvalue weighted by molar-refractivity contribution is 6.33. The molecule has 0 heterocycles. The molecule has 0 aromatic heterocycles. The molecule has 1 aromatic carbocycles. The predicted molar refractivity (Wildman–Crippen MR) is 54.0 cm³/mol. The van der Waals surface area contributed by atoms with Crippen molar-refractivity contribution >= 4 is 17.3 Å². The van der Waals surface area contributed by atoms with E-state index in [1.165, 1.54) is 12.1 Å². The Labute approximate surface area is 91.0 Å². The maximum Gasteiger partial charge on any atom is 0.288 e. The lowest BCUT2D eigenvalue weighted by atomic mass is 10.2. The van der Waals surface area contributed by atoms with Crippen LogP contribution >= 0.6 is 11.6 Å². The summed E-state index contributed by atoms with van der Waals surface area (Å²) in [6.07, 6.45) is 0. The zero-order chi connectivity index (χ0) is 11.4. The number of nitro benzene ring substituents is 1. The molecule has 0 aliphatic rings. The first kappa shape index (κ1) is 11.3. The van der Waals surface area contributed by atoms with Crippen LogP contribution in [0.5, 0.6) is 5.75 Å². The summed E-state index contributed by atoms with van der Waals surface area (Å²) in [6.45, 7) is 2.13. The lowest BCUT2D eigenvalue weighted by molar-refractivity contribution is -0.385. The van der Waals surface area contributed by atoms with Crippen molar-refractivity contribution in [3.8, 4) is 11.8 Å². The van der Waals surface area contributed by atoms with Gasteiger partial charge in [-0.05, 0) is 13.0 Å². The molecule has 0 spiro atoms. The Morgan fingerprint density at radius 2 is 2.33 bits per heavy atom. The molecule has 0 saturated carbocycles. The molecular weight excluding hydrogens is 220 g/mol. The number of hydrogen-bond acceptors (Lipinski definition) is 4. The van der Waals surface area contributed by atoms with Crippen LogP contribution in [0, 0.1) is 21.4 Å². The number of hydrogen-bond donors (Lipinski definition) is 0. The molecule has 1 aromatic rings. The summed E-state index contributed by atoms with van der Waals surface area (Å²) in [5.41, 5.74) is -0.487. The van der Waals surface area contributed by atoms with Crippen LogP contribution in [0.15, 0.2) is 12.1 Å². The Kier molecular flexibility index (Phi) is 3.47. The summed E-state index contributed by atoms with van der Waals surface area (Å²) in [6, 6.07) is 4.27. The molecule has 6 heteroatoms. The molecule has 0 radical (unpaired) electrons. The summed E-state index contributed by atoms with van der Waals surface area (Å²) in [7, 11) is 0. The number of nitrogens with zero attached hydrogens (tertiary/aromatic N) is 2. The average molecular weight is 227 g/mol. The van der Waals surface area contributed by atoms with E-state index in [4.69, 9.17) is 21.6 Å². The van der Waals surface area contributed by atoms with Gasteiger partial charge in [-0.3, -0.25) is 10.1 Å². The van der Waals surface area contributed by atoms with Gasteiger partial charge in [-0.1, -0.05) is 11.6 Å². The van der Waals surface area contributed by atoms with E-state index in [1.54, 1.807) is 13.0 Å². The lowest BCUT2D eigenvalue weighted by Gasteiger charge is -2.06. The topological polar surface area (TPSA) is 76.2 Å². The molecule has 0 amide bonds. The maximum atomic E-state index is 10.6. The Bertz CT molecular complexity index is 440. The van der Waals surface area contributed by atoms with E-state index in [1.807, 2.05) is 0 Å². The van der Waals surface area contributed by atoms with E-state index in [0.717, 1.165) is 0 Å². The standard InChI is InChI=1S/C9H7ClN2O3/c1-2-15-8-4-3-7(12(13)14)6(5-11)9(8)10/h3-4H,2H2,1H3. The van der Waals surface area contributed by atoms with Gasteiger partial charge < -0.3 is 4.74 Å². The number of nitro groups is 1. The van der Waals surface area contributed by atoms with Crippen molar-refractivity contribution in [2.45, 2.75) is 6.92 Å². The molecule has 15 heavy (non-hydrogen) atoms. The fraction of sp³-hybridized carbons (Fsp3) is 0.222. The zero-order valence-electron chi connectivity index (χ0n) is 7.86. The SMILES string of the molecule is CCOc1ccc([N+](=O)[O-])c(C#N)c1Cl. The van der Waals surface area contributed by atoms with Crippen LogP contribution in [0.4, 0.5) is 5.69 Å². The van der Waals surface area contributed by atoms with Gasteiger partial charge in [-0.2, -0.15) is 5.26 Å². The number of ether oxygens (including phenoxy) is 1. The van der Waals surface area contributed by atoms with Crippen LogP contribution in [-0.2, 0) is 0 Å². The largest absolute Gasteiger partial charge is 0.492 e. The number of nitriles is 1. The van der Waals surface area contributed by atoms with Crippen LogP contribution in [-0.4, -0.2) is 11.5 Å². The van der Waals surface area contributed by atoms with Crippen molar-refractivity contribution in [2.24, 2.45) is 0 Å². The zero-order valence-corrected chi connectivity index (χ0v) is 8.61. The monoisotopic (exact) mass is 226 g/mol. The van der Waals surface area contributed by atoms with E-state index >= 15 is 0 Å². The average Bonchev–Trinajstić information content (AvgIpc) is 2.20. The molecular formula is C9H7ClN2O3. The van der Waals surface area contributed by atoms with Gasteiger partial charge >= 0.3 is 0 Å². The van der Waals surface area contributed by atoms with Crippen LogP contribution < -0.4 is 4.74 Å². The van der Waals surface area contributed by atoms with Crippen molar-refractivity contribution in [1.29, 1.82) is 5.26 Å². The summed E-state index contributed by atoms with van der Waals surface area (Å²) in [4.78, 5) is 9.90. The third kappa shape index (κ3) is 2.17. The number of benzene rings is 1. The van der Waals surface area contributed by atoms with Crippen LogP contribution in [0.25, 0.3) is 0 Å². The first-order valence-corrected chi connectivity index (χ1v) is 4.49. The second kappa shape index (κ2) is 4.62. The lowest BCUT2D eigenvalue weighted by Crippen LogP contribution is -1.97. The van der Waals surface area contributed by atoms with E-state index in [-0.39, 0.29) is 22.0 Å². The molecule has 0 aliphatic heterocycles. The van der Waals surface area contributed by atoms with Crippen molar-refractivity contribution < 1.29 is 9.66 Å². The van der Waals surface area contributed by atoms with Gasteiger partial charge in [0, 0.05) is 6.07 Å². The second-order valence-corrected chi connectivity index (χ2v) is 2.95. The highest BCUT2D eigenvalue weighted by atomic mass is 35.5. The molecule has 0 unspecified atom stereocenters. The quantitative estimate of drug-likeness (QED) is 0.586. The van der Waals surface area contributed by atoms with Gasteiger partial charge in [0.25, 0.3) is 5.69 Å². The van der Waals surface area contributed by atoms with Gasteiger partial charge in [0.05, 0.1) is 11.5 Å². The first-order valence-electron chi connectivity index (χ1n) is 4.11.